The van der Waals surface area contributed by atoms with Gasteiger partial charge in [0.1, 0.15) is 10.8 Å². The van der Waals surface area contributed by atoms with Crippen molar-refractivity contribution < 1.29 is 27.5 Å². The average molecular weight is 535 g/mol. The van der Waals surface area contributed by atoms with Crippen molar-refractivity contribution in [3.8, 4) is 11.1 Å². The molecule has 0 radical (unpaired) electrons. The summed E-state index contributed by atoms with van der Waals surface area (Å²) in [7, 11) is 0. The number of hydrogen-bond donors (Lipinski definition) is 2. The topological polar surface area (TPSA) is 93.2 Å². The van der Waals surface area contributed by atoms with Crippen LogP contribution in [0.4, 0.5) is 18.0 Å². The summed E-state index contributed by atoms with van der Waals surface area (Å²) in [6.45, 7) is 6.85. The number of alkyl carbamates (subject to hydrolysis) is 1. The molecule has 1 atom stereocenters. The molecule has 0 unspecified atom stereocenters. The van der Waals surface area contributed by atoms with Crippen LogP contribution in [0.2, 0.25) is 5.15 Å². The van der Waals surface area contributed by atoms with Crippen molar-refractivity contribution in [2.24, 2.45) is 0 Å². The zero-order chi connectivity index (χ0) is 27.4. The first-order valence-electron chi connectivity index (χ1n) is 11.3. The molecule has 0 aliphatic rings. The second-order valence-corrected chi connectivity index (χ2v) is 9.63. The van der Waals surface area contributed by atoms with Gasteiger partial charge in [-0.15, -0.1) is 0 Å². The molecule has 3 aromatic rings. The molecule has 3 rings (SSSR count). The molecule has 1 heterocycles. The van der Waals surface area contributed by atoms with Gasteiger partial charge in [-0.1, -0.05) is 41.9 Å². The predicted molar refractivity (Wildman–Crippen MR) is 133 cm³/mol. The quantitative estimate of drug-likeness (QED) is 0.360. The Morgan fingerprint density at radius 2 is 1.73 bits per heavy atom. The van der Waals surface area contributed by atoms with Crippen LogP contribution in [-0.4, -0.2) is 27.6 Å². The highest BCUT2D eigenvalue weighted by Gasteiger charge is 2.31. The summed E-state index contributed by atoms with van der Waals surface area (Å²) in [4.78, 5) is 32.2. The Morgan fingerprint density at radius 1 is 1.05 bits per heavy atom. The van der Waals surface area contributed by atoms with E-state index in [4.69, 9.17) is 16.3 Å². The van der Waals surface area contributed by atoms with E-state index in [1.54, 1.807) is 52.0 Å². The number of halogens is 4. The van der Waals surface area contributed by atoms with Crippen LogP contribution in [0.5, 0.6) is 0 Å². The normalized spacial score (nSPS) is 12.5. The Hall–Kier alpha value is -3.66. The van der Waals surface area contributed by atoms with Gasteiger partial charge in [0.05, 0.1) is 11.6 Å². The highest BCUT2D eigenvalue weighted by Crippen LogP contribution is 2.34. The molecule has 0 bridgehead atoms. The maximum atomic E-state index is 13.4. The second-order valence-electron chi connectivity index (χ2n) is 9.25. The number of aromatic nitrogens is 2. The average Bonchev–Trinajstić information content (AvgIpc) is 2.81. The van der Waals surface area contributed by atoms with E-state index in [0.717, 1.165) is 12.1 Å². The third-order valence-corrected chi connectivity index (χ3v) is 5.36. The van der Waals surface area contributed by atoms with Crippen LogP contribution in [0.15, 0.2) is 54.7 Å². The number of carbonyl (C=O) groups is 2. The standard InChI is InChI=1S/C26H26ClF3N4O3/c1-15(33-23(35)22-31-12-11-21(27)34-22)16-5-7-17(8-6-16)20-13-19(26(28,29)30)10-9-18(20)14-32-24(36)37-25(2,3)4/h5-13,15H,14H2,1-4H3,(H,32,36)(H,33,35)/t15-/m1/s1. The summed E-state index contributed by atoms with van der Waals surface area (Å²) in [5.41, 5.74) is 0.475. The Bertz CT molecular complexity index is 1280. The van der Waals surface area contributed by atoms with Gasteiger partial charge in [0.25, 0.3) is 5.91 Å². The molecule has 0 spiro atoms. The third-order valence-electron chi connectivity index (χ3n) is 5.15. The zero-order valence-corrected chi connectivity index (χ0v) is 21.4. The number of rotatable bonds is 6. The third kappa shape index (κ3) is 7.91. The van der Waals surface area contributed by atoms with Gasteiger partial charge < -0.3 is 15.4 Å². The van der Waals surface area contributed by atoms with Crippen molar-refractivity contribution in [2.45, 2.75) is 52.1 Å². The van der Waals surface area contributed by atoms with Crippen LogP contribution in [-0.2, 0) is 17.5 Å². The SMILES string of the molecule is C[C@@H](NC(=O)c1nccc(Cl)n1)c1ccc(-c2cc(C(F)(F)F)ccc2CNC(=O)OC(C)(C)C)cc1. The van der Waals surface area contributed by atoms with E-state index in [9.17, 15) is 22.8 Å². The Balaban J connectivity index is 1.82. The van der Waals surface area contributed by atoms with Crippen molar-refractivity contribution in [2.75, 3.05) is 0 Å². The lowest BCUT2D eigenvalue weighted by molar-refractivity contribution is -0.137. The van der Waals surface area contributed by atoms with Crippen LogP contribution < -0.4 is 10.6 Å². The molecule has 2 N–H and O–H groups in total. The fourth-order valence-corrected chi connectivity index (χ4v) is 3.54. The number of carbonyl (C=O) groups excluding carboxylic acids is 2. The van der Waals surface area contributed by atoms with Crippen molar-refractivity contribution in [3.63, 3.8) is 0 Å². The van der Waals surface area contributed by atoms with Gasteiger partial charge in [-0.2, -0.15) is 13.2 Å². The summed E-state index contributed by atoms with van der Waals surface area (Å²) in [6, 6.07) is 11.1. The Morgan fingerprint density at radius 3 is 2.32 bits per heavy atom. The van der Waals surface area contributed by atoms with Crippen LogP contribution in [0.3, 0.4) is 0 Å². The molecule has 0 aliphatic heterocycles. The molecule has 37 heavy (non-hydrogen) atoms. The number of nitrogens with zero attached hydrogens (tertiary/aromatic N) is 2. The molecule has 2 aromatic carbocycles. The number of nitrogens with one attached hydrogen (secondary N) is 2. The molecule has 1 aromatic heterocycles. The first kappa shape index (κ1) is 27.9. The molecule has 7 nitrogen and oxygen atoms in total. The van der Waals surface area contributed by atoms with E-state index in [0.29, 0.717) is 22.3 Å². The largest absolute Gasteiger partial charge is 0.444 e. The zero-order valence-electron chi connectivity index (χ0n) is 20.6. The van der Waals surface area contributed by atoms with Gasteiger partial charge in [-0.25, -0.2) is 14.8 Å². The molecular weight excluding hydrogens is 509 g/mol. The summed E-state index contributed by atoms with van der Waals surface area (Å²) in [6.07, 6.45) is -3.84. The van der Waals surface area contributed by atoms with E-state index < -0.39 is 35.4 Å². The number of benzene rings is 2. The van der Waals surface area contributed by atoms with Gasteiger partial charge in [0.15, 0.2) is 0 Å². The lowest BCUT2D eigenvalue weighted by atomic mass is 9.95. The minimum Gasteiger partial charge on any atom is -0.444 e. The molecular formula is C26H26ClF3N4O3. The van der Waals surface area contributed by atoms with E-state index in [2.05, 4.69) is 20.6 Å². The maximum Gasteiger partial charge on any atom is 0.416 e. The van der Waals surface area contributed by atoms with Crippen LogP contribution in [0.25, 0.3) is 11.1 Å². The minimum atomic E-state index is -4.53. The molecule has 0 saturated heterocycles. The van der Waals surface area contributed by atoms with Crippen molar-refractivity contribution >= 4 is 23.6 Å². The summed E-state index contributed by atoms with van der Waals surface area (Å²) >= 11 is 5.81. The number of ether oxygens (including phenoxy) is 1. The van der Waals surface area contributed by atoms with Gasteiger partial charge in [0.2, 0.25) is 5.82 Å². The summed E-state index contributed by atoms with van der Waals surface area (Å²) in [5, 5.41) is 5.48. The van der Waals surface area contributed by atoms with Gasteiger partial charge in [-0.3, -0.25) is 4.79 Å². The van der Waals surface area contributed by atoms with Crippen LogP contribution >= 0.6 is 11.6 Å². The molecule has 0 aliphatic carbocycles. The summed E-state index contributed by atoms with van der Waals surface area (Å²) < 4.78 is 45.5. The van der Waals surface area contributed by atoms with Crippen molar-refractivity contribution in [3.05, 3.63) is 82.4 Å². The molecule has 11 heteroatoms. The molecule has 0 saturated carbocycles. The van der Waals surface area contributed by atoms with Gasteiger partial charge in [0, 0.05) is 12.7 Å². The number of alkyl halides is 3. The maximum absolute atomic E-state index is 13.4. The second kappa shape index (κ2) is 11.2. The minimum absolute atomic E-state index is 0.0315. The summed E-state index contributed by atoms with van der Waals surface area (Å²) in [5.74, 6) is -0.602. The fraction of sp³-hybridized carbons (Fsp3) is 0.308. The lowest BCUT2D eigenvalue weighted by Crippen LogP contribution is -2.32. The van der Waals surface area contributed by atoms with E-state index in [-0.39, 0.29) is 17.5 Å². The Labute approximate surface area is 217 Å². The molecule has 2 amide bonds. The van der Waals surface area contributed by atoms with Crippen molar-refractivity contribution in [1.82, 2.24) is 20.6 Å². The van der Waals surface area contributed by atoms with Crippen LogP contribution in [0, 0.1) is 0 Å². The van der Waals surface area contributed by atoms with Gasteiger partial charge >= 0.3 is 12.3 Å². The fourth-order valence-electron chi connectivity index (χ4n) is 3.40. The van der Waals surface area contributed by atoms with Crippen LogP contribution in [0.1, 0.15) is 61.0 Å². The number of hydrogen-bond acceptors (Lipinski definition) is 5. The lowest BCUT2D eigenvalue weighted by Gasteiger charge is -2.20. The smallest absolute Gasteiger partial charge is 0.416 e. The van der Waals surface area contributed by atoms with Gasteiger partial charge in [-0.05, 0) is 68.1 Å². The first-order valence-corrected chi connectivity index (χ1v) is 11.7. The first-order chi connectivity index (χ1) is 17.2. The predicted octanol–water partition coefficient (Wildman–Crippen LogP) is 6.33. The number of amides is 2. The molecule has 196 valence electrons. The highest BCUT2D eigenvalue weighted by atomic mass is 35.5. The Kier molecular flexibility index (Phi) is 8.42. The van der Waals surface area contributed by atoms with E-state index in [1.165, 1.54) is 18.3 Å². The monoisotopic (exact) mass is 534 g/mol. The molecule has 0 fully saturated rings. The van der Waals surface area contributed by atoms with Crippen molar-refractivity contribution in [1.29, 1.82) is 0 Å². The van der Waals surface area contributed by atoms with E-state index >= 15 is 0 Å². The highest BCUT2D eigenvalue weighted by molar-refractivity contribution is 6.29. The van der Waals surface area contributed by atoms with E-state index in [1.807, 2.05) is 0 Å².